The molecule has 2 aromatic carbocycles. The van der Waals surface area contributed by atoms with Crippen LogP contribution in [-0.2, 0) is 19.5 Å². The van der Waals surface area contributed by atoms with Gasteiger partial charge in [-0.25, -0.2) is 4.98 Å². The topological polar surface area (TPSA) is 49.0 Å². The first-order valence-corrected chi connectivity index (χ1v) is 9.66. The minimum Gasteiger partial charge on any atom is -0.306 e. The van der Waals surface area contributed by atoms with E-state index in [0.717, 1.165) is 23.4 Å². The maximum atomic E-state index is 12.6. The number of hydrogen-bond donors (Lipinski definition) is 1. The molecule has 0 fully saturated rings. The number of H-pyrrole nitrogens is 1. The highest BCUT2D eigenvalue weighted by molar-refractivity contribution is 6.34. The summed E-state index contributed by atoms with van der Waals surface area (Å²) in [5.41, 5.74) is 3.34. The van der Waals surface area contributed by atoms with E-state index in [9.17, 15) is 4.79 Å². The van der Waals surface area contributed by atoms with Crippen LogP contribution >= 0.6 is 34.8 Å². The van der Waals surface area contributed by atoms with Crippen molar-refractivity contribution in [2.45, 2.75) is 19.5 Å². The number of nitrogens with zero attached hydrogens (tertiary/aromatic N) is 2. The lowest BCUT2D eigenvalue weighted by atomic mass is 10.1. The summed E-state index contributed by atoms with van der Waals surface area (Å²) in [4.78, 5) is 22.4. The zero-order valence-corrected chi connectivity index (χ0v) is 16.6. The molecule has 0 saturated carbocycles. The van der Waals surface area contributed by atoms with Crippen LogP contribution in [0.1, 0.15) is 16.8 Å². The van der Waals surface area contributed by atoms with Crippen molar-refractivity contribution in [2.75, 3.05) is 6.54 Å². The molecule has 27 heavy (non-hydrogen) atoms. The van der Waals surface area contributed by atoms with Crippen molar-refractivity contribution in [3.05, 3.63) is 84.7 Å². The second kappa shape index (κ2) is 7.64. The molecule has 0 amide bonds. The fourth-order valence-corrected chi connectivity index (χ4v) is 4.02. The SMILES string of the molecule is O=c1[nH]c(-c2ccc(Cl)cc2)nc2c1CN(Cc1cc(Cl)cc(Cl)c1)CC2. The van der Waals surface area contributed by atoms with Gasteiger partial charge in [0, 0.05) is 46.7 Å². The molecule has 1 aromatic heterocycles. The summed E-state index contributed by atoms with van der Waals surface area (Å²) in [6.07, 6.45) is 0.716. The minimum atomic E-state index is -0.0984. The van der Waals surface area contributed by atoms with E-state index in [1.54, 1.807) is 18.2 Å². The third-order valence-corrected chi connectivity index (χ3v) is 5.28. The Morgan fingerprint density at radius 3 is 2.41 bits per heavy atom. The quantitative estimate of drug-likeness (QED) is 0.652. The number of fused-ring (bicyclic) bond motifs is 1. The molecule has 2 heterocycles. The van der Waals surface area contributed by atoms with Gasteiger partial charge in [-0.05, 0) is 48.0 Å². The molecule has 0 bridgehead atoms. The number of aromatic amines is 1. The van der Waals surface area contributed by atoms with Gasteiger partial charge >= 0.3 is 0 Å². The van der Waals surface area contributed by atoms with Crippen molar-refractivity contribution in [2.24, 2.45) is 0 Å². The van der Waals surface area contributed by atoms with E-state index in [1.807, 2.05) is 24.3 Å². The molecule has 1 aliphatic heterocycles. The highest BCUT2D eigenvalue weighted by atomic mass is 35.5. The number of nitrogens with one attached hydrogen (secondary N) is 1. The van der Waals surface area contributed by atoms with Crippen LogP contribution in [-0.4, -0.2) is 21.4 Å². The Morgan fingerprint density at radius 2 is 1.70 bits per heavy atom. The van der Waals surface area contributed by atoms with Crippen molar-refractivity contribution in [3.63, 3.8) is 0 Å². The molecule has 3 aromatic rings. The van der Waals surface area contributed by atoms with E-state index in [1.165, 1.54) is 0 Å². The summed E-state index contributed by atoms with van der Waals surface area (Å²) in [7, 11) is 0. The average Bonchev–Trinajstić information content (AvgIpc) is 2.62. The van der Waals surface area contributed by atoms with Gasteiger partial charge in [0.15, 0.2) is 0 Å². The molecule has 0 unspecified atom stereocenters. The first-order chi connectivity index (χ1) is 13.0. The number of halogens is 3. The lowest BCUT2D eigenvalue weighted by Gasteiger charge is -2.27. The van der Waals surface area contributed by atoms with Gasteiger partial charge in [-0.1, -0.05) is 34.8 Å². The zero-order valence-electron chi connectivity index (χ0n) is 14.3. The first kappa shape index (κ1) is 18.5. The highest BCUT2D eigenvalue weighted by Gasteiger charge is 2.21. The maximum absolute atomic E-state index is 12.6. The van der Waals surface area contributed by atoms with Crippen LogP contribution in [0.5, 0.6) is 0 Å². The van der Waals surface area contributed by atoms with E-state index in [0.29, 0.717) is 46.0 Å². The predicted octanol–water partition coefficient (Wildman–Crippen LogP) is 4.96. The number of aromatic nitrogens is 2. The zero-order chi connectivity index (χ0) is 19.0. The first-order valence-electron chi connectivity index (χ1n) is 8.53. The minimum absolute atomic E-state index is 0.0984. The normalized spacial score (nSPS) is 14.2. The van der Waals surface area contributed by atoms with E-state index < -0.39 is 0 Å². The molecular formula is C20H16Cl3N3O. The van der Waals surface area contributed by atoms with Crippen molar-refractivity contribution in [1.29, 1.82) is 0 Å². The van der Waals surface area contributed by atoms with Gasteiger partial charge in [-0.2, -0.15) is 0 Å². The third kappa shape index (κ3) is 4.19. The van der Waals surface area contributed by atoms with Gasteiger partial charge in [0.25, 0.3) is 5.56 Å². The van der Waals surface area contributed by atoms with E-state index in [2.05, 4.69) is 14.9 Å². The number of rotatable bonds is 3. The predicted molar refractivity (Wildman–Crippen MR) is 110 cm³/mol. The monoisotopic (exact) mass is 419 g/mol. The van der Waals surface area contributed by atoms with Gasteiger partial charge in [0.1, 0.15) is 5.82 Å². The second-order valence-corrected chi connectivity index (χ2v) is 7.89. The third-order valence-electron chi connectivity index (χ3n) is 4.59. The maximum Gasteiger partial charge on any atom is 0.255 e. The lowest BCUT2D eigenvalue weighted by molar-refractivity contribution is 0.242. The Labute approximate surface area is 171 Å². The Balaban J connectivity index is 1.58. The molecule has 0 saturated heterocycles. The Morgan fingerprint density at radius 1 is 1.00 bits per heavy atom. The van der Waals surface area contributed by atoms with Gasteiger partial charge in [0.05, 0.1) is 11.3 Å². The molecule has 0 spiro atoms. The Hall–Kier alpha value is -1.85. The van der Waals surface area contributed by atoms with Crippen LogP contribution in [0.3, 0.4) is 0 Å². The summed E-state index contributed by atoms with van der Waals surface area (Å²) in [6.45, 7) is 2.04. The lowest BCUT2D eigenvalue weighted by Crippen LogP contribution is -2.35. The van der Waals surface area contributed by atoms with Crippen LogP contribution in [0.2, 0.25) is 15.1 Å². The van der Waals surface area contributed by atoms with Crippen LogP contribution in [0.4, 0.5) is 0 Å². The molecule has 1 aliphatic rings. The molecule has 0 atom stereocenters. The second-order valence-electron chi connectivity index (χ2n) is 6.59. The number of benzene rings is 2. The van der Waals surface area contributed by atoms with Crippen molar-refractivity contribution < 1.29 is 0 Å². The summed E-state index contributed by atoms with van der Waals surface area (Å²) >= 11 is 18.1. The summed E-state index contributed by atoms with van der Waals surface area (Å²) in [5, 5.41) is 1.87. The van der Waals surface area contributed by atoms with E-state index in [4.69, 9.17) is 34.8 Å². The van der Waals surface area contributed by atoms with Crippen LogP contribution in [0, 0.1) is 0 Å². The van der Waals surface area contributed by atoms with Crippen molar-refractivity contribution in [3.8, 4) is 11.4 Å². The fraction of sp³-hybridized carbons (Fsp3) is 0.200. The fourth-order valence-electron chi connectivity index (χ4n) is 3.32. The van der Waals surface area contributed by atoms with Crippen LogP contribution < -0.4 is 5.56 Å². The average molecular weight is 421 g/mol. The van der Waals surface area contributed by atoms with Gasteiger partial charge < -0.3 is 4.98 Å². The molecule has 138 valence electrons. The Bertz CT molecular complexity index is 1030. The van der Waals surface area contributed by atoms with Gasteiger partial charge in [-0.15, -0.1) is 0 Å². The molecule has 1 N–H and O–H groups in total. The molecule has 4 rings (SSSR count). The standard InChI is InChI=1S/C20H16Cl3N3O/c21-14-3-1-13(2-4-14)19-24-18-5-6-26(11-17(18)20(27)25-19)10-12-7-15(22)9-16(23)8-12/h1-4,7-9H,5-6,10-11H2,(H,24,25,27). The summed E-state index contributed by atoms with van der Waals surface area (Å²) in [6, 6.07) is 12.8. The van der Waals surface area contributed by atoms with Crippen LogP contribution in [0.15, 0.2) is 47.3 Å². The van der Waals surface area contributed by atoms with Gasteiger partial charge in [-0.3, -0.25) is 9.69 Å². The molecule has 0 aliphatic carbocycles. The Kier molecular flexibility index (Phi) is 5.24. The number of hydrogen-bond acceptors (Lipinski definition) is 3. The largest absolute Gasteiger partial charge is 0.306 e. The van der Waals surface area contributed by atoms with Gasteiger partial charge in [0.2, 0.25) is 0 Å². The summed E-state index contributed by atoms with van der Waals surface area (Å²) in [5.74, 6) is 0.575. The summed E-state index contributed by atoms with van der Waals surface area (Å²) < 4.78 is 0. The molecule has 0 radical (unpaired) electrons. The van der Waals surface area contributed by atoms with E-state index >= 15 is 0 Å². The highest BCUT2D eigenvalue weighted by Crippen LogP contribution is 2.24. The van der Waals surface area contributed by atoms with Crippen molar-refractivity contribution >= 4 is 34.8 Å². The molecule has 7 heteroatoms. The van der Waals surface area contributed by atoms with Crippen molar-refractivity contribution in [1.82, 2.24) is 14.9 Å². The smallest absolute Gasteiger partial charge is 0.255 e. The molecular weight excluding hydrogens is 405 g/mol. The molecule has 4 nitrogen and oxygen atoms in total. The van der Waals surface area contributed by atoms with E-state index in [-0.39, 0.29) is 5.56 Å². The van der Waals surface area contributed by atoms with Crippen LogP contribution in [0.25, 0.3) is 11.4 Å².